The minimum atomic E-state index is -0.960. The normalized spacial score (nSPS) is 14.2. The second kappa shape index (κ2) is 9.92. The van der Waals surface area contributed by atoms with Gasteiger partial charge in [0.1, 0.15) is 5.78 Å². The van der Waals surface area contributed by atoms with Crippen LogP contribution >= 0.6 is 0 Å². The summed E-state index contributed by atoms with van der Waals surface area (Å²) in [7, 11) is 0. The van der Waals surface area contributed by atoms with Crippen molar-refractivity contribution in [1.29, 1.82) is 0 Å². The Labute approximate surface area is 136 Å². The molecule has 2 atom stereocenters. The first-order valence-corrected chi connectivity index (χ1v) is 7.56. The summed E-state index contributed by atoms with van der Waals surface area (Å²) < 4.78 is 10.2. The van der Waals surface area contributed by atoms with E-state index in [1.807, 2.05) is 30.3 Å². The molecule has 0 aliphatic heterocycles. The fourth-order valence-electron chi connectivity index (χ4n) is 1.83. The lowest BCUT2D eigenvalue weighted by Gasteiger charge is -2.15. The van der Waals surface area contributed by atoms with Crippen LogP contribution in [0.4, 0.5) is 0 Å². The fourth-order valence-corrected chi connectivity index (χ4v) is 1.83. The number of carbonyl (C=O) groups excluding carboxylic acids is 2. The van der Waals surface area contributed by atoms with Gasteiger partial charge in [0.25, 0.3) is 0 Å². The third kappa shape index (κ3) is 7.72. The number of carbonyl (C=O) groups is 2. The van der Waals surface area contributed by atoms with E-state index in [1.54, 1.807) is 13.8 Å². The van der Waals surface area contributed by atoms with Crippen molar-refractivity contribution in [2.45, 2.75) is 39.9 Å². The van der Waals surface area contributed by atoms with Gasteiger partial charge >= 0.3 is 5.97 Å². The summed E-state index contributed by atoms with van der Waals surface area (Å²) in [5.41, 5.74) is 1.48. The van der Waals surface area contributed by atoms with E-state index in [2.05, 4.69) is 4.74 Å². The summed E-state index contributed by atoms with van der Waals surface area (Å²) in [5, 5.41) is 9.93. The van der Waals surface area contributed by atoms with E-state index in [9.17, 15) is 14.7 Å². The Bertz CT molecular complexity index is 536. The van der Waals surface area contributed by atoms with Gasteiger partial charge in [-0.1, -0.05) is 37.3 Å². The standard InChI is InChI=1S/C18H24O5/c1-13(10-22-12-16-7-5-4-6-8-16)17(20)9-18(21)14(2)11-23-15(3)19/h4-8,11,13,18,21H,9-10,12H2,1-3H3/b14-11+/t13-,18+/m1/s1. The van der Waals surface area contributed by atoms with Crippen LogP contribution in [0, 0.1) is 5.92 Å². The van der Waals surface area contributed by atoms with Crippen molar-refractivity contribution in [2.75, 3.05) is 6.61 Å². The van der Waals surface area contributed by atoms with Crippen LogP contribution < -0.4 is 0 Å². The Morgan fingerprint density at radius 3 is 2.48 bits per heavy atom. The molecule has 0 bridgehead atoms. The minimum absolute atomic E-state index is 0.0283. The predicted octanol–water partition coefficient (Wildman–Crippen LogP) is 2.63. The summed E-state index contributed by atoms with van der Waals surface area (Å²) in [6.07, 6.45) is 0.189. The molecule has 0 unspecified atom stereocenters. The van der Waals surface area contributed by atoms with Crippen LogP contribution in [0.2, 0.25) is 0 Å². The van der Waals surface area contributed by atoms with Gasteiger partial charge in [0, 0.05) is 19.3 Å². The number of benzene rings is 1. The molecule has 0 aliphatic rings. The summed E-state index contributed by atoms with van der Waals surface area (Å²) in [4.78, 5) is 22.8. The molecule has 1 N–H and O–H groups in total. The molecule has 0 heterocycles. The average molecular weight is 320 g/mol. The number of hydrogen-bond acceptors (Lipinski definition) is 5. The maximum absolute atomic E-state index is 12.1. The third-order valence-corrected chi connectivity index (χ3v) is 3.36. The first-order valence-electron chi connectivity index (χ1n) is 7.56. The molecule has 0 amide bonds. The average Bonchev–Trinajstić information content (AvgIpc) is 2.53. The summed E-state index contributed by atoms with van der Waals surface area (Å²) in [6, 6.07) is 9.71. The van der Waals surface area contributed by atoms with Crippen molar-refractivity contribution in [3.05, 3.63) is 47.7 Å². The van der Waals surface area contributed by atoms with Crippen molar-refractivity contribution in [2.24, 2.45) is 5.92 Å². The van der Waals surface area contributed by atoms with Gasteiger partial charge in [-0.3, -0.25) is 9.59 Å². The SMILES string of the molecule is CC(=O)O/C=C(\C)[C@@H](O)CC(=O)[C@H](C)COCc1ccccc1. The zero-order valence-electron chi connectivity index (χ0n) is 13.8. The Balaban J connectivity index is 2.35. The molecule has 1 aromatic rings. The number of aliphatic hydroxyl groups is 1. The molecule has 23 heavy (non-hydrogen) atoms. The van der Waals surface area contributed by atoms with Crippen molar-refractivity contribution in [3.63, 3.8) is 0 Å². The van der Waals surface area contributed by atoms with Gasteiger partial charge in [-0.25, -0.2) is 0 Å². The number of Topliss-reactive ketones (excluding diaryl/α,β-unsaturated/α-hetero) is 1. The van der Waals surface area contributed by atoms with Crippen LogP contribution in [0.1, 0.15) is 32.8 Å². The molecule has 1 rings (SSSR count). The predicted molar refractivity (Wildman–Crippen MR) is 86.4 cm³/mol. The molecule has 0 spiro atoms. The number of ketones is 1. The zero-order valence-corrected chi connectivity index (χ0v) is 13.8. The Hall–Kier alpha value is -1.98. The van der Waals surface area contributed by atoms with Crippen molar-refractivity contribution < 1.29 is 24.2 Å². The third-order valence-electron chi connectivity index (χ3n) is 3.36. The molecule has 0 fully saturated rings. The Morgan fingerprint density at radius 2 is 1.87 bits per heavy atom. The van der Waals surface area contributed by atoms with Crippen LogP contribution in [-0.4, -0.2) is 29.6 Å². The van der Waals surface area contributed by atoms with Gasteiger partial charge in [-0.15, -0.1) is 0 Å². The van der Waals surface area contributed by atoms with Crippen molar-refractivity contribution in [3.8, 4) is 0 Å². The zero-order chi connectivity index (χ0) is 17.2. The van der Waals surface area contributed by atoms with Crippen LogP contribution in [0.15, 0.2) is 42.2 Å². The highest BCUT2D eigenvalue weighted by molar-refractivity contribution is 5.81. The number of esters is 1. The molecule has 5 nitrogen and oxygen atoms in total. The first-order chi connectivity index (χ1) is 10.9. The second-order valence-corrected chi connectivity index (χ2v) is 5.56. The summed E-state index contributed by atoms with van der Waals surface area (Å²) >= 11 is 0. The van der Waals surface area contributed by atoms with Gasteiger partial charge in [-0.2, -0.15) is 0 Å². The van der Waals surface area contributed by atoms with Gasteiger partial charge in [0.05, 0.1) is 25.6 Å². The molecule has 0 saturated heterocycles. The molecule has 126 valence electrons. The number of hydrogen-bond donors (Lipinski definition) is 1. The lowest BCUT2D eigenvalue weighted by Crippen LogP contribution is -2.23. The quantitative estimate of drug-likeness (QED) is 0.559. The van der Waals surface area contributed by atoms with Gasteiger partial charge in [0.2, 0.25) is 0 Å². The van der Waals surface area contributed by atoms with Crippen molar-refractivity contribution >= 4 is 11.8 Å². The largest absolute Gasteiger partial charge is 0.435 e. The number of rotatable bonds is 9. The lowest BCUT2D eigenvalue weighted by molar-refractivity contribution is -0.135. The van der Waals surface area contributed by atoms with Crippen molar-refractivity contribution in [1.82, 2.24) is 0 Å². The molecular weight excluding hydrogens is 296 g/mol. The molecule has 0 aromatic heterocycles. The topological polar surface area (TPSA) is 72.8 Å². The molecule has 0 radical (unpaired) electrons. The van der Waals surface area contributed by atoms with Gasteiger partial charge in [0.15, 0.2) is 0 Å². The van der Waals surface area contributed by atoms with Crippen LogP contribution in [0.5, 0.6) is 0 Å². The number of ether oxygens (including phenoxy) is 2. The Morgan fingerprint density at radius 1 is 1.22 bits per heavy atom. The first kappa shape index (κ1) is 19.1. The van der Waals surface area contributed by atoms with Crippen LogP contribution in [-0.2, 0) is 25.7 Å². The van der Waals surface area contributed by atoms with Crippen LogP contribution in [0.3, 0.4) is 0 Å². The molecule has 0 saturated carbocycles. The summed E-state index contributed by atoms with van der Waals surface area (Å²) in [6.45, 7) is 5.40. The van der Waals surface area contributed by atoms with Gasteiger partial charge in [-0.05, 0) is 18.1 Å². The maximum Gasteiger partial charge on any atom is 0.307 e. The van der Waals surface area contributed by atoms with E-state index < -0.39 is 12.1 Å². The van der Waals surface area contributed by atoms with E-state index in [0.29, 0.717) is 18.8 Å². The van der Waals surface area contributed by atoms with E-state index in [-0.39, 0.29) is 18.1 Å². The smallest absolute Gasteiger partial charge is 0.307 e. The molecule has 5 heteroatoms. The van der Waals surface area contributed by atoms with Gasteiger partial charge < -0.3 is 14.6 Å². The highest BCUT2D eigenvalue weighted by Crippen LogP contribution is 2.12. The fraction of sp³-hybridized carbons (Fsp3) is 0.444. The monoisotopic (exact) mass is 320 g/mol. The van der Waals surface area contributed by atoms with E-state index in [0.717, 1.165) is 5.56 Å². The van der Waals surface area contributed by atoms with Crippen LogP contribution in [0.25, 0.3) is 0 Å². The molecular formula is C18H24O5. The second-order valence-electron chi connectivity index (χ2n) is 5.56. The highest BCUT2D eigenvalue weighted by atomic mass is 16.5. The number of aliphatic hydroxyl groups excluding tert-OH is 1. The summed E-state index contributed by atoms with van der Waals surface area (Å²) in [5.74, 6) is -0.874. The molecule has 1 aromatic carbocycles. The van der Waals surface area contributed by atoms with E-state index in [1.165, 1.54) is 13.2 Å². The molecule has 0 aliphatic carbocycles. The minimum Gasteiger partial charge on any atom is -0.435 e. The van der Waals surface area contributed by atoms with E-state index >= 15 is 0 Å². The maximum atomic E-state index is 12.1. The van der Waals surface area contributed by atoms with E-state index in [4.69, 9.17) is 4.74 Å². The lowest BCUT2D eigenvalue weighted by atomic mass is 9.99. The highest BCUT2D eigenvalue weighted by Gasteiger charge is 2.19. The Kier molecular flexibility index (Phi) is 8.22.